The number of methoxy groups -OCH3 is 2. The Balaban J connectivity index is 2.27. The molecule has 7 heteroatoms. The lowest BCUT2D eigenvalue weighted by atomic mass is 9.82. The molecule has 0 fully saturated rings. The third-order valence-electron chi connectivity index (χ3n) is 4.79. The summed E-state index contributed by atoms with van der Waals surface area (Å²) in [6, 6.07) is 5.62. The molecule has 0 spiro atoms. The Bertz CT molecular complexity index is 1080. The summed E-state index contributed by atoms with van der Waals surface area (Å²) < 4.78 is 10.4. The average molecular weight is 396 g/mol. The number of phenolic OH excluding ortho intramolecular Hbond substituents is 1. The van der Waals surface area contributed by atoms with E-state index in [2.05, 4.69) is 0 Å². The van der Waals surface area contributed by atoms with E-state index in [0.717, 1.165) is 0 Å². The fourth-order valence-electron chi connectivity index (χ4n) is 3.40. The zero-order valence-corrected chi connectivity index (χ0v) is 16.4. The number of ketones is 3. The van der Waals surface area contributed by atoms with E-state index >= 15 is 0 Å². The number of aliphatic hydroxyl groups is 1. The van der Waals surface area contributed by atoms with Gasteiger partial charge >= 0.3 is 0 Å². The Labute approximate surface area is 167 Å². The predicted octanol–water partition coefficient (Wildman–Crippen LogP) is 2.54. The molecule has 3 rings (SSSR count). The molecule has 0 aliphatic heterocycles. The summed E-state index contributed by atoms with van der Waals surface area (Å²) in [5, 5.41) is 20.1. The molecule has 0 radical (unpaired) electrons. The average Bonchev–Trinajstić information content (AvgIpc) is 2.68. The van der Waals surface area contributed by atoms with Crippen LogP contribution in [-0.2, 0) is 4.79 Å². The molecule has 1 aliphatic rings. The lowest BCUT2D eigenvalue weighted by molar-refractivity contribution is -0.114. The zero-order chi connectivity index (χ0) is 21.5. The molecule has 0 heterocycles. The number of aliphatic hydroxyl groups excluding tert-OH is 1. The van der Waals surface area contributed by atoms with Crippen molar-refractivity contribution in [3.8, 4) is 17.2 Å². The lowest BCUT2D eigenvalue weighted by Crippen LogP contribution is -2.22. The minimum Gasteiger partial charge on any atom is -0.507 e. The molecule has 0 saturated heterocycles. The Hall–Kier alpha value is -3.45. The quantitative estimate of drug-likeness (QED) is 0.638. The third kappa shape index (κ3) is 3.40. The molecule has 1 unspecified atom stereocenters. The number of phenols is 1. The minimum absolute atomic E-state index is 0.0184. The Morgan fingerprint density at radius 2 is 1.66 bits per heavy atom. The maximum absolute atomic E-state index is 13.1. The molecule has 2 N–H and O–H groups in total. The van der Waals surface area contributed by atoms with Crippen LogP contribution in [-0.4, -0.2) is 47.9 Å². The van der Waals surface area contributed by atoms with Crippen LogP contribution in [0.15, 0.2) is 29.8 Å². The van der Waals surface area contributed by atoms with E-state index in [-0.39, 0.29) is 50.9 Å². The number of hydrogen-bond acceptors (Lipinski definition) is 7. The first-order chi connectivity index (χ1) is 13.7. The molecule has 0 amide bonds. The van der Waals surface area contributed by atoms with Crippen LogP contribution in [0.2, 0.25) is 0 Å². The highest BCUT2D eigenvalue weighted by Crippen LogP contribution is 2.40. The SMILES string of the molecule is COc1cc(O)c2c(c1)C(=O)c1cc(/C=C(\C(C)=O)C(C)O)cc(OC)c1C2=O. The van der Waals surface area contributed by atoms with Crippen molar-refractivity contribution in [2.45, 2.75) is 20.0 Å². The Morgan fingerprint density at radius 3 is 2.21 bits per heavy atom. The fraction of sp³-hybridized carbons (Fsp3) is 0.227. The summed E-state index contributed by atoms with van der Waals surface area (Å²) in [5.74, 6) is -1.35. The zero-order valence-electron chi connectivity index (χ0n) is 16.4. The van der Waals surface area contributed by atoms with E-state index in [1.54, 1.807) is 0 Å². The predicted molar refractivity (Wildman–Crippen MR) is 105 cm³/mol. The van der Waals surface area contributed by atoms with Gasteiger partial charge in [-0.05, 0) is 43.7 Å². The van der Waals surface area contributed by atoms with Gasteiger partial charge < -0.3 is 19.7 Å². The lowest BCUT2D eigenvalue weighted by Gasteiger charge is -2.22. The van der Waals surface area contributed by atoms with E-state index in [1.165, 1.54) is 58.4 Å². The van der Waals surface area contributed by atoms with E-state index in [4.69, 9.17) is 9.47 Å². The summed E-state index contributed by atoms with van der Waals surface area (Å²) in [7, 11) is 2.74. The number of aromatic hydroxyl groups is 1. The molecule has 0 saturated carbocycles. The van der Waals surface area contributed by atoms with Crippen LogP contribution in [0.5, 0.6) is 17.2 Å². The second-order valence-electron chi connectivity index (χ2n) is 6.70. The Kier molecular flexibility index (Phi) is 5.26. The van der Waals surface area contributed by atoms with Gasteiger partial charge in [0.05, 0.1) is 31.5 Å². The van der Waals surface area contributed by atoms with Gasteiger partial charge in [0, 0.05) is 22.8 Å². The van der Waals surface area contributed by atoms with Crippen molar-refractivity contribution >= 4 is 23.4 Å². The third-order valence-corrected chi connectivity index (χ3v) is 4.79. The molecule has 2 aromatic rings. The van der Waals surface area contributed by atoms with Crippen molar-refractivity contribution in [3.63, 3.8) is 0 Å². The van der Waals surface area contributed by atoms with Gasteiger partial charge in [0.15, 0.2) is 11.6 Å². The number of fused-ring (bicyclic) bond motifs is 2. The molecule has 7 nitrogen and oxygen atoms in total. The highest BCUT2D eigenvalue weighted by Gasteiger charge is 2.35. The van der Waals surface area contributed by atoms with Crippen molar-refractivity contribution in [3.05, 3.63) is 57.7 Å². The number of benzene rings is 2. The smallest absolute Gasteiger partial charge is 0.201 e. The summed E-state index contributed by atoms with van der Waals surface area (Å²) in [6.45, 7) is 2.79. The van der Waals surface area contributed by atoms with Gasteiger partial charge in [-0.3, -0.25) is 14.4 Å². The number of carbonyl (C=O) groups is 3. The van der Waals surface area contributed by atoms with Gasteiger partial charge in [0.1, 0.15) is 17.2 Å². The summed E-state index contributed by atoms with van der Waals surface area (Å²) in [6.07, 6.45) is 0.445. The standard InChI is InChI=1S/C22H20O7/c1-10(23)14(11(2)24)5-12-6-15-20(18(7-12)29-4)22(27)19-16(21(15)26)8-13(28-3)9-17(19)25/h5-10,23,25H,1-4H3/b14-5-. The minimum atomic E-state index is -1.01. The highest BCUT2D eigenvalue weighted by atomic mass is 16.5. The van der Waals surface area contributed by atoms with Gasteiger partial charge in [-0.25, -0.2) is 0 Å². The van der Waals surface area contributed by atoms with Crippen molar-refractivity contribution in [2.75, 3.05) is 14.2 Å². The fourth-order valence-corrected chi connectivity index (χ4v) is 3.40. The number of rotatable bonds is 5. The largest absolute Gasteiger partial charge is 0.507 e. The van der Waals surface area contributed by atoms with Crippen molar-refractivity contribution in [1.29, 1.82) is 0 Å². The number of Topliss-reactive ketones (excluding diaryl/α,β-unsaturated/α-hetero) is 1. The summed E-state index contributed by atoms with van der Waals surface area (Å²) >= 11 is 0. The second-order valence-corrected chi connectivity index (χ2v) is 6.70. The van der Waals surface area contributed by atoms with E-state index in [0.29, 0.717) is 5.56 Å². The molecule has 150 valence electrons. The van der Waals surface area contributed by atoms with E-state index < -0.39 is 17.7 Å². The van der Waals surface area contributed by atoms with Crippen LogP contribution in [0.4, 0.5) is 0 Å². The van der Waals surface area contributed by atoms with Crippen LogP contribution in [0.25, 0.3) is 6.08 Å². The van der Waals surface area contributed by atoms with Crippen LogP contribution in [0.3, 0.4) is 0 Å². The van der Waals surface area contributed by atoms with Gasteiger partial charge in [0.25, 0.3) is 0 Å². The molecule has 29 heavy (non-hydrogen) atoms. The highest BCUT2D eigenvalue weighted by molar-refractivity contribution is 6.30. The molecule has 0 aromatic heterocycles. The number of ether oxygens (including phenoxy) is 2. The first-order valence-corrected chi connectivity index (χ1v) is 8.82. The normalized spacial score (nSPS) is 14.2. The van der Waals surface area contributed by atoms with Crippen molar-refractivity contribution in [2.24, 2.45) is 0 Å². The van der Waals surface area contributed by atoms with Crippen molar-refractivity contribution < 1.29 is 34.1 Å². The molecular weight excluding hydrogens is 376 g/mol. The first-order valence-electron chi connectivity index (χ1n) is 8.82. The maximum Gasteiger partial charge on any atom is 0.201 e. The molecule has 1 atom stereocenters. The molecule has 2 aromatic carbocycles. The van der Waals surface area contributed by atoms with Gasteiger partial charge in [0.2, 0.25) is 5.78 Å². The van der Waals surface area contributed by atoms with E-state index in [1.807, 2.05) is 0 Å². The van der Waals surface area contributed by atoms with Gasteiger partial charge in [-0.15, -0.1) is 0 Å². The molecular formula is C22H20O7. The van der Waals surface area contributed by atoms with Crippen LogP contribution < -0.4 is 9.47 Å². The molecule has 1 aliphatic carbocycles. The molecule has 0 bridgehead atoms. The first kappa shape index (κ1) is 20.3. The monoisotopic (exact) mass is 396 g/mol. The van der Waals surface area contributed by atoms with Crippen LogP contribution >= 0.6 is 0 Å². The Morgan fingerprint density at radius 1 is 1.00 bits per heavy atom. The number of hydrogen-bond donors (Lipinski definition) is 2. The number of carbonyl (C=O) groups excluding carboxylic acids is 3. The summed E-state index contributed by atoms with van der Waals surface area (Å²) in [4.78, 5) is 38.0. The van der Waals surface area contributed by atoms with Crippen molar-refractivity contribution in [1.82, 2.24) is 0 Å². The van der Waals surface area contributed by atoms with Crippen LogP contribution in [0, 0.1) is 0 Å². The van der Waals surface area contributed by atoms with Gasteiger partial charge in [-0.1, -0.05) is 0 Å². The topological polar surface area (TPSA) is 110 Å². The van der Waals surface area contributed by atoms with Gasteiger partial charge in [-0.2, -0.15) is 0 Å². The summed E-state index contributed by atoms with van der Waals surface area (Å²) in [5.41, 5.74) is 0.589. The second kappa shape index (κ2) is 7.52. The maximum atomic E-state index is 13.1. The van der Waals surface area contributed by atoms with Crippen LogP contribution in [0.1, 0.15) is 51.3 Å². The van der Waals surface area contributed by atoms with E-state index in [9.17, 15) is 24.6 Å².